The molecule has 0 bridgehead atoms. The number of anilines is 1. The Morgan fingerprint density at radius 1 is 1.24 bits per heavy atom. The molecule has 132 valence electrons. The fraction of sp³-hybridized carbons (Fsp3) is 0.389. The van der Waals surface area contributed by atoms with Crippen molar-refractivity contribution in [3.05, 3.63) is 64.2 Å². The number of nitro groups is 1. The Morgan fingerprint density at radius 3 is 2.64 bits per heavy atom. The SMILES string of the molecule is O=[N+]([O-])c1cc(F)ccc1NC1CCN(CCc2ccncc2)CC1. The highest BCUT2D eigenvalue weighted by Gasteiger charge is 2.22. The maximum absolute atomic E-state index is 13.2. The Labute approximate surface area is 145 Å². The molecule has 0 spiro atoms. The van der Waals surface area contributed by atoms with E-state index in [0.29, 0.717) is 5.69 Å². The molecule has 1 aromatic carbocycles. The van der Waals surface area contributed by atoms with E-state index in [4.69, 9.17) is 0 Å². The number of nitro benzene ring substituents is 1. The standard InChI is InChI=1S/C18H21FN4O2/c19-15-1-2-17(18(13-15)23(24)25)21-16-6-11-22(12-7-16)10-5-14-3-8-20-9-4-14/h1-4,8-9,13,16,21H,5-7,10-12H2. The van der Waals surface area contributed by atoms with Gasteiger partial charge in [0.05, 0.1) is 11.0 Å². The van der Waals surface area contributed by atoms with E-state index in [1.54, 1.807) is 12.4 Å². The Kier molecular flexibility index (Phi) is 5.55. The van der Waals surface area contributed by atoms with Crippen molar-refractivity contribution < 1.29 is 9.31 Å². The first-order valence-electron chi connectivity index (χ1n) is 8.43. The maximum Gasteiger partial charge on any atom is 0.295 e. The van der Waals surface area contributed by atoms with Crippen molar-refractivity contribution >= 4 is 11.4 Å². The Bertz CT molecular complexity index is 718. The van der Waals surface area contributed by atoms with E-state index in [1.165, 1.54) is 17.7 Å². The summed E-state index contributed by atoms with van der Waals surface area (Å²) in [5.41, 5.74) is 1.46. The van der Waals surface area contributed by atoms with Crippen molar-refractivity contribution in [3.63, 3.8) is 0 Å². The predicted molar refractivity (Wildman–Crippen MR) is 94.1 cm³/mol. The first-order valence-corrected chi connectivity index (χ1v) is 8.43. The number of nitrogens with zero attached hydrogens (tertiary/aromatic N) is 3. The van der Waals surface area contributed by atoms with E-state index in [9.17, 15) is 14.5 Å². The number of likely N-dealkylation sites (tertiary alicyclic amines) is 1. The lowest BCUT2D eigenvalue weighted by Crippen LogP contribution is -2.40. The van der Waals surface area contributed by atoms with Crippen molar-refractivity contribution in [3.8, 4) is 0 Å². The quantitative estimate of drug-likeness (QED) is 0.643. The van der Waals surface area contributed by atoms with E-state index in [-0.39, 0.29) is 11.7 Å². The molecule has 1 fully saturated rings. The molecule has 1 N–H and O–H groups in total. The third kappa shape index (κ3) is 4.73. The van der Waals surface area contributed by atoms with Gasteiger partial charge in [-0.2, -0.15) is 0 Å². The van der Waals surface area contributed by atoms with Crippen molar-refractivity contribution in [1.82, 2.24) is 9.88 Å². The van der Waals surface area contributed by atoms with Crippen LogP contribution in [0.25, 0.3) is 0 Å². The second kappa shape index (κ2) is 8.02. The van der Waals surface area contributed by atoms with Crippen LogP contribution in [-0.2, 0) is 6.42 Å². The minimum atomic E-state index is -0.594. The van der Waals surface area contributed by atoms with Crippen LogP contribution in [0.5, 0.6) is 0 Å². The molecule has 2 aromatic rings. The average molecular weight is 344 g/mol. The summed E-state index contributed by atoms with van der Waals surface area (Å²) >= 11 is 0. The third-order valence-electron chi connectivity index (χ3n) is 4.57. The summed E-state index contributed by atoms with van der Waals surface area (Å²) in [4.78, 5) is 16.9. The van der Waals surface area contributed by atoms with E-state index in [0.717, 1.165) is 45.0 Å². The van der Waals surface area contributed by atoms with Gasteiger partial charge in [0.25, 0.3) is 5.69 Å². The number of piperidine rings is 1. The zero-order chi connectivity index (χ0) is 17.6. The van der Waals surface area contributed by atoms with Crippen molar-refractivity contribution in [2.24, 2.45) is 0 Å². The van der Waals surface area contributed by atoms with Gasteiger partial charge in [0.2, 0.25) is 0 Å². The van der Waals surface area contributed by atoms with E-state index in [2.05, 4.69) is 15.2 Å². The van der Waals surface area contributed by atoms with Gasteiger partial charge in [-0.15, -0.1) is 0 Å². The lowest BCUT2D eigenvalue weighted by atomic mass is 10.0. The molecule has 0 unspecified atom stereocenters. The summed E-state index contributed by atoms with van der Waals surface area (Å²) in [6.45, 7) is 2.88. The highest BCUT2D eigenvalue weighted by atomic mass is 19.1. The number of nitrogens with one attached hydrogen (secondary N) is 1. The number of aromatic nitrogens is 1. The van der Waals surface area contributed by atoms with Gasteiger partial charge in [0.1, 0.15) is 11.5 Å². The number of halogens is 1. The molecule has 6 nitrogen and oxygen atoms in total. The van der Waals surface area contributed by atoms with Crippen LogP contribution in [0.3, 0.4) is 0 Å². The van der Waals surface area contributed by atoms with Crippen LogP contribution in [0.15, 0.2) is 42.7 Å². The molecule has 25 heavy (non-hydrogen) atoms. The van der Waals surface area contributed by atoms with Gasteiger partial charge in [-0.25, -0.2) is 4.39 Å². The highest BCUT2D eigenvalue weighted by molar-refractivity contribution is 5.61. The van der Waals surface area contributed by atoms with Gasteiger partial charge >= 0.3 is 0 Å². The van der Waals surface area contributed by atoms with Crippen LogP contribution in [0.4, 0.5) is 15.8 Å². The first-order chi connectivity index (χ1) is 12.1. The number of pyridine rings is 1. The van der Waals surface area contributed by atoms with Crippen LogP contribution in [0.2, 0.25) is 0 Å². The molecule has 1 aliphatic heterocycles. The lowest BCUT2D eigenvalue weighted by molar-refractivity contribution is -0.384. The zero-order valence-corrected chi connectivity index (χ0v) is 13.9. The molecule has 0 amide bonds. The van der Waals surface area contributed by atoms with Crippen LogP contribution < -0.4 is 5.32 Å². The number of hydrogen-bond acceptors (Lipinski definition) is 5. The molecule has 1 aromatic heterocycles. The van der Waals surface area contributed by atoms with Crippen molar-refractivity contribution in [1.29, 1.82) is 0 Å². The molecule has 0 aliphatic carbocycles. The fourth-order valence-corrected chi connectivity index (χ4v) is 3.14. The third-order valence-corrected chi connectivity index (χ3v) is 4.57. The minimum Gasteiger partial charge on any atom is -0.377 e. The first kappa shape index (κ1) is 17.3. The molecule has 0 radical (unpaired) electrons. The smallest absolute Gasteiger partial charge is 0.295 e. The molecule has 3 rings (SSSR count). The van der Waals surface area contributed by atoms with Gasteiger partial charge in [-0.05, 0) is 49.1 Å². The second-order valence-corrected chi connectivity index (χ2v) is 6.28. The van der Waals surface area contributed by atoms with Crippen LogP contribution in [0, 0.1) is 15.9 Å². The Morgan fingerprint density at radius 2 is 1.96 bits per heavy atom. The average Bonchev–Trinajstić information content (AvgIpc) is 2.63. The predicted octanol–water partition coefficient (Wildman–Crippen LogP) is 3.25. The Balaban J connectivity index is 1.50. The maximum atomic E-state index is 13.2. The van der Waals surface area contributed by atoms with Gasteiger partial charge in [-0.1, -0.05) is 0 Å². The summed E-state index contributed by atoms with van der Waals surface area (Å²) in [6.07, 6.45) is 6.42. The van der Waals surface area contributed by atoms with Crippen molar-refractivity contribution in [2.75, 3.05) is 25.0 Å². The highest BCUT2D eigenvalue weighted by Crippen LogP contribution is 2.27. The van der Waals surface area contributed by atoms with E-state index < -0.39 is 10.7 Å². The molecule has 0 atom stereocenters. The zero-order valence-electron chi connectivity index (χ0n) is 13.9. The van der Waals surface area contributed by atoms with E-state index >= 15 is 0 Å². The summed E-state index contributed by atoms with van der Waals surface area (Å²) in [7, 11) is 0. The molecular weight excluding hydrogens is 323 g/mol. The summed E-state index contributed by atoms with van der Waals surface area (Å²) < 4.78 is 13.2. The minimum absolute atomic E-state index is 0.168. The summed E-state index contributed by atoms with van der Waals surface area (Å²) in [6, 6.07) is 7.89. The van der Waals surface area contributed by atoms with Gasteiger partial charge in [0.15, 0.2) is 0 Å². The van der Waals surface area contributed by atoms with Gasteiger partial charge in [-0.3, -0.25) is 15.1 Å². The number of benzene rings is 1. The largest absolute Gasteiger partial charge is 0.377 e. The van der Waals surface area contributed by atoms with Crippen LogP contribution in [0.1, 0.15) is 18.4 Å². The second-order valence-electron chi connectivity index (χ2n) is 6.28. The molecule has 7 heteroatoms. The molecule has 2 heterocycles. The lowest BCUT2D eigenvalue weighted by Gasteiger charge is -2.32. The summed E-state index contributed by atoms with van der Waals surface area (Å²) in [5, 5.41) is 14.3. The molecular formula is C18H21FN4O2. The van der Waals surface area contributed by atoms with E-state index in [1.807, 2.05) is 12.1 Å². The molecule has 0 saturated carbocycles. The van der Waals surface area contributed by atoms with Crippen LogP contribution in [-0.4, -0.2) is 40.5 Å². The van der Waals surface area contributed by atoms with Gasteiger partial charge < -0.3 is 10.2 Å². The topological polar surface area (TPSA) is 71.3 Å². The summed E-state index contributed by atoms with van der Waals surface area (Å²) in [5.74, 6) is -0.594. The fourth-order valence-electron chi connectivity index (χ4n) is 3.14. The van der Waals surface area contributed by atoms with Gasteiger partial charge in [0, 0.05) is 38.1 Å². The van der Waals surface area contributed by atoms with Crippen molar-refractivity contribution in [2.45, 2.75) is 25.3 Å². The normalized spacial score (nSPS) is 15.9. The number of rotatable bonds is 6. The monoisotopic (exact) mass is 344 g/mol. The Hall–Kier alpha value is -2.54. The molecule has 1 saturated heterocycles. The number of hydrogen-bond donors (Lipinski definition) is 1. The molecule has 1 aliphatic rings. The van der Waals surface area contributed by atoms with Crippen LogP contribution >= 0.6 is 0 Å².